The zero-order valence-electron chi connectivity index (χ0n) is 15.9. The fourth-order valence-corrected chi connectivity index (χ4v) is 4.54. The second kappa shape index (κ2) is 6.81. The smallest absolute Gasteiger partial charge is 0.139 e. The molecule has 1 aliphatic rings. The summed E-state index contributed by atoms with van der Waals surface area (Å²) in [6, 6.07) is 8.38. The third-order valence-electron chi connectivity index (χ3n) is 5.44. The number of anilines is 1. The number of aryl methyl sites for hydroxylation is 2. The van der Waals surface area contributed by atoms with Crippen molar-refractivity contribution in [2.24, 2.45) is 0 Å². The fraction of sp³-hybridized carbons (Fsp3) is 0.550. The van der Waals surface area contributed by atoms with E-state index < -0.39 is 5.54 Å². The zero-order valence-corrected chi connectivity index (χ0v) is 15.9. The molecule has 1 aromatic carbocycles. The third kappa shape index (κ3) is 2.66. The maximum absolute atomic E-state index is 10.4. The number of rotatable bonds is 6. The van der Waals surface area contributed by atoms with Gasteiger partial charge in [-0.3, -0.25) is 0 Å². The summed E-state index contributed by atoms with van der Waals surface area (Å²) >= 11 is 0. The van der Waals surface area contributed by atoms with Crippen molar-refractivity contribution in [3.8, 4) is 0 Å². The first kappa shape index (κ1) is 18.0. The quantitative estimate of drug-likeness (QED) is 0.874. The molecule has 0 aliphatic carbocycles. The van der Waals surface area contributed by atoms with Gasteiger partial charge >= 0.3 is 0 Å². The Morgan fingerprint density at radius 2 is 2.04 bits per heavy atom. The van der Waals surface area contributed by atoms with Crippen LogP contribution in [0.5, 0.6) is 0 Å². The molecule has 0 amide bonds. The average molecular weight is 343 g/mol. The minimum Gasteiger partial charge on any atom is -0.396 e. The summed E-state index contributed by atoms with van der Waals surface area (Å²) in [5.74, 6) is 0.827. The van der Waals surface area contributed by atoms with E-state index in [1.165, 1.54) is 11.3 Å². The van der Waals surface area contributed by atoms with Gasteiger partial charge in [0.15, 0.2) is 0 Å². The van der Waals surface area contributed by atoms with E-state index in [2.05, 4.69) is 67.3 Å². The molecular formula is C20H29N3O2. The van der Waals surface area contributed by atoms with Crippen LogP contribution in [-0.2, 0) is 12.0 Å². The topological polar surface area (TPSA) is 52.7 Å². The summed E-state index contributed by atoms with van der Waals surface area (Å²) in [5.41, 5.74) is 4.13. The Bertz CT molecular complexity index is 740. The molecule has 136 valence electrons. The summed E-state index contributed by atoms with van der Waals surface area (Å²) in [6.45, 7) is 5.01. The normalized spacial score (nSPS) is 22.7. The predicted molar refractivity (Wildman–Crippen MR) is 100 cm³/mol. The molecule has 2 atom stereocenters. The van der Waals surface area contributed by atoms with Gasteiger partial charge in [0, 0.05) is 30.8 Å². The summed E-state index contributed by atoms with van der Waals surface area (Å²) in [5, 5.41) is 14.8. The van der Waals surface area contributed by atoms with Crippen molar-refractivity contribution < 1.29 is 9.63 Å². The number of para-hydroxylation sites is 1. The highest BCUT2D eigenvalue weighted by atomic mass is 16.5. The Hall–Kier alpha value is -1.85. The number of hydrogen-bond donors (Lipinski definition) is 1. The first-order valence-corrected chi connectivity index (χ1v) is 9.01. The highest BCUT2D eigenvalue weighted by molar-refractivity contribution is 5.66. The van der Waals surface area contributed by atoms with E-state index in [-0.39, 0.29) is 12.5 Å². The van der Waals surface area contributed by atoms with Crippen LogP contribution in [-0.4, -0.2) is 49.5 Å². The van der Waals surface area contributed by atoms with E-state index in [1.54, 1.807) is 0 Å². The van der Waals surface area contributed by atoms with Crippen LogP contribution < -0.4 is 4.90 Å². The van der Waals surface area contributed by atoms with Crippen molar-refractivity contribution in [2.45, 2.75) is 38.1 Å². The Balaban J connectivity index is 2.27. The van der Waals surface area contributed by atoms with Crippen LogP contribution in [0.4, 0.5) is 5.69 Å². The van der Waals surface area contributed by atoms with E-state index in [9.17, 15) is 5.11 Å². The van der Waals surface area contributed by atoms with E-state index in [0.29, 0.717) is 0 Å². The van der Waals surface area contributed by atoms with Crippen LogP contribution in [0.1, 0.15) is 41.8 Å². The van der Waals surface area contributed by atoms with Crippen molar-refractivity contribution in [3.05, 3.63) is 46.8 Å². The molecule has 0 saturated carbocycles. The fourth-order valence-electron chi connectivity index (χ4n) is 4.54. The van der Waals surface area contributed by atoms with Gasteiger partial charge in [-0.05, 0) is 39.1 Å². The summed E-state index contributed by atoms with van der Waals surface area (Å²) in [6.07, 6.45) is 1.89. The second-order valence-electron chi connectivity index (χ2n) is 7.33. The summed E-state index contributed by atoms with van der Waals surface area (Å²) in [7, 11) is 6.28. The standard InChI is InChI=1S/C20H29N3O2/c1-6-9-17-19(14(2)25-21-17)20(13-22(3)4)16(12-24)15-10-7-8-11-18(15)23(20)5/h7-8,10-11,16,24H,6,9,12-13H2,1-5H3. The lowest BCUT2D eigenvalue weighted by Gasteiger charge is -2.43. The SMILES string of the molecule is CCCc1noc(C)c1C1(CN(C)C)C(CO)c2ccccc2N1C. The molecule has 25 heavy (non-hydrogen) atoms. The van der Waals surface area contributed by atoms with E-state index in [0.717, 1.165) is 36.4 Å². The Kier molecular flexibility index (Phi) is 4.89. The molecule has 2 unspecified atom stereocenters. The molecule has 2 aromatic rings. The molecule has 0 bridgehead atoms. The van der Waals surface area contributed by atoms with Crippen LogP contribution in [0, 0.1) is 6.92 Å². The molecule has 2 heterocycles. The lowest BCUT2D eigenvalue weighted by Crippen LogP contribution is -2.52. The number of hydrogen-bond acceptors (Lipinski definition) is 5. The van der Waals surface area contributed by atoms with Gasteiger partial charge in [0.05, 0.1) is 17.8 Å². The van der Waals surface area contributed by atoms with Gasteiger partial charge in [0.1, 0.15) is 5.76 Å². The Morgan fingerprint density at radius 3 is 2.68 bits per heavy atom. The number of aliphatic hydroxyl groups is 1. The largest absolute Gasteiger partial charge is 0.396 e. The van der Waals surface area contributed by atoms with Crippen molar-refractivity contribution in [3.63, 3.8) is 0 Å². The number of aliphatic hydroxyl groups excluding tert-OH is 1. The van der Waals surface area contributed by atoms with Gasteiger partial charge in [-0.15, -0.1) is 0 Å². The number of aromatic nitrogens is 1. The average Bonchev–Trinajstić information content (AvgIpc) is 3.05. The van der Waals surface area contributed by atoms with Crippen LogP contribution in [0.2, 0.25) is 0 Å². The van der Waals surface area contributed by atoms with Crippen molar-refractivity contribution >= 4 is 5.69 Å². The van der Waals surface area contributed by atoms with Crippen molar-refractivity contribution in [1.29, 1.82) is 0 Å². The predicted octanol–water partition coefficient (Wildman–Crippen LogP) is 2.92. The van der Waals surface area contributed by atoms with Gasteiger partial charge in [-0.1, -0.05) is 36.7 Å². The molecule has 5 nitrogen and oxygen atoms in total. The number of benzene rings is 1. The van der Waals surface area contributed by atoms with Crippen LogP contribution in [0.3, 0.4) is 0 Å². The first-order valence-electron chi connectivity index (χ1n) is 9.01. The first-order chi connectivity index (χ1) is 12.0. The molecule has 0 spiro atoms. The minimum absolute atomic E-state index is 0.0233. The van der Waals surface area contributed by atoms with Crippen molar-refractivity contribution in [1.82, 2.24) is 10.1 Å². The van der Waals surface area contributed by atoms with E-state index >= 15 is 0 Å². The number of nitrogens with zero attached hydrogens (tertiary/aromatic N) is 3. The molecule has 1 aliphatic heterocycles. The van der Waals surface area contributed by atoms with Gasteiger partial charge in [0.2, 0.25) is 0 Å². The van der Waals surface area contributed by atoms with E-state index in [1.807, 2.05) is 6.92 Å². The molecule has 5 heteroatoms. The molecule has 3 rings (SSSR count). The maximum atomic E-state index is 10.4. The van der Waals surface area contributed by atoms with Gasteiger partial charge in [0.25, 0.3) is 0 Å². The number of likely N-dealkylation sites (N-methyl/N-ethyl adjacent to an activating group) is 2. The molecule has 1 aromatic heterocycles. The minimum atomic E-state index is -0.392. The molecule has 0 saturated heterocycles. The lowest BCUT2D eigenvalue weighted by molar-refractivity contribution is 0.177. The molecule has 1 N–H and O–H groups in total. The van der Waals surface area contributed by atoms with Gasteiger partial charge < -0.3 is 19.4 Å². The number of fused-ring (bicyclic) bond motifs is 1. The van der Waals surface area contributed by atoms with Gasteiger partial charge in [-0.25, -0.2) is 0 Å². The molecule has 0 radical (unpaired) electrons. The lowest BCUT2D eigenvalue weighted by atomic mass is 9.75. The highest BCUT2D eigenvalue weighted by Crippen LogP contribution is 2.54. The Labute approximate surface area is 150 Å². The van der Waals surface area contributed by atoms with Crippen LogP contribution >= 0.6 is 0 Å². The second-order valence-corrected chi connectivity index (χ2v) is 7.33. The third-order valence-corrected chi connectivity index (χ3v) is 5.44. The monoisotopic (exact) mass is 343 g/mol. The summed E-state index contributed by atoms with van der Waals surface area (Å²) in [4.78, 5) is 4.51. The van der Waals surface area contributed by atoms with E-state index in [4.69, 9.17) is 4.52 Å². The van der Waals surface area contributed by atoms with Crippen LogP contribution in [0.15, 0.2) is 28.8 Å². The molecule has 0 fully saturated rings. The van der Waals surface area contributed by atoms with Gasteiger partial charge in [-0.2, -0.15) is 0 Å². The van der Waals surface area contributed by atoms with Crippen molar-refractivity contribution in [2.75, 3.05) is 39.2 Å². The zero-order chi connectivity index (χ0) is 18.2. The highest BCUT2D eigenvalue weighted by Gasteiger charge is 2.53. The van der Waals surface area contributed by atoms with Crippen LogP contribution in [0.25, 0.3) is 0 Å². The summed E-state index contributed by atoms with van der Waals surface area (Å²) < 4.78 is 5.63. The molecular weight excluding hydrogens is 314 g/mol. The Morgan fingerprint density at radius 1 is 1.32 bits per heavy atom. The maximum Gasteiger partial charge on any atom is 0.139 e.